The van der Waals surface area contributed by atoms with E-state index in [-0.39, 0.29) is 10.7 Å². The predicted molar refractivity (Wildman–Crippen MR) is 36.8 cm³/mol. The number of oxime groups is 1. The van der Waals surface area contributed by atoms with E-state index < -0.39 is 0 Å². The molecule has 5 heteroatoms. The van der Waals surface area contributed by atoms with Gasteiger partial charge in [-0.3, -0.25) is 0 Å². The molecule has 0 aliphatic heterocycles. The quantitative estimate of drug-likeness (QED) is 0.330. The van der Waals surface area contributed by atoms with Gasteiger partial charge in [0.15, 0.2) is 0 Å². The van der Waals surface area contributed by atoms with Crippen molar-refractivity contribution in [1.82, 2.24) is 0 Å². The minimum atomic E-state index is -0.0625. The molecule has 0 heterocycles. The van der Waals surface area contributed by atoms with E-state index in [0.29, 0.717) is 0 Å². The molecule has 48 valence electrons. The molecule has 0 saturated heterocycles. The van der Waals surface area contributed by atoms with Crippen molar-refractivity contribution in [1.29, 1.82) is 5.26 Å². The van der Waals surface area contributed by atoms with Crippen LogP contribution >= 0.6 is 12.2 Å². The monoisotopic (exact) mass is 143 g/mol. The van der Waals surface area contributed by atoms with Crippen molar-refractivity contribution in [3.05, 3.63) is 0 Å². The average Bonchev–Trinajstić information content (AvgIpc) is 1.82. The molecule has 0 aromatic carbocycles. The fourth-order valence-corrected chi connectivity index (χ4v) is 0.295. The van der Waals surface area contributed by atoms with Gasteiger partial charge in [0.1, 0.15) is 18.2 Å². The van der Waals surface area contributed by atoms with E-state index in [4.69, 9.17) is 11.0 Å². The lowest BCUT2D eigenvalue weighted by Gasteiger charge is -1.89. The lowest BCUT2D eigenvalue weighted by atomic mass is 10.4. The molecule has 0 aliphatic rings. The standard InChI is InChI=1S/C4H5N3OS/c1-8-7-3(2-5)4(6)9/h1H3,(H2,6,9). The second-order valence-electron chi connectivity index (χ2n) is 1.10. The molecule has 0 saturated carbocycles. The largest absolute Gasteiger partial charge is 0.398 e. The van der Waals surface area contributed by atoms with Gasteiger partial charge >= 0.3 is 0 Å². The van der Waals surface area contributed by atoms with E-state index in [1.54, 1.807) is 6.07 Å². The normalized spacial score (nSPS) is 10.0. The molecule has 0 aromatic rings. The van der Waals surface area contributed by atoms with Crippen LogP contribution in [0.15, 0.2) is 5.16 Å². The van der Waals surface area contributed by atoms with Gasteiger partial charge < -0.3 is 10.6 Å². The van der Waals surface area contributed by atoms with Crippen LogP contribution < -0.4 is 5.73 Å². The molecule has 0 fully saturated rings. The molecule has 2 N–H and O–H groups in total. The Bertz CT molecular complexity index is 181. The van der Waals surface area contributed by atoms with Gasteiger partial charge in [-0.25, -0.2) is 0 Å². The molecular weight excluding hydrogens is 138 g/mol. The van der Waals surface area contributed by atoms with Crippen molar-refractivity contribution < 1.29 is 4.84 Å². The van der Waals surface area contributed by atoms with Gasteiger partial charge in [-0.05, 0) is 0 Å². The van der Waals surface area contributed by atoms with Crippen molar-refractivity contribution in [3.63, 3.8) is 0 Å². The highest BCUT2D eigenvalue weighted by Crippen LogP contribution is 1.77. The second-order valence-corrected chi connectivity index (χ2v) is 1.54. The summed E-state index contributed by atoms with van der Waals surface area (Å²) in [6.45, 7) is 0. The molecule has 0 aromatic heterocycles. The third kappa shape index (κ3) is 2.61. The van der Waals surface area contributed by atoms with Crippen LogP contribution in [0.4, 0.5) is 0 Å². The minimum absolute atomic E-state index is 0.0562. The maximum atomic E-state index is 8.20. The maximum Gasteiger partial charge on any atom is 0.213 e. The zero-order valence-electron chi connectivity index (χ0n) is 4.79. The third-order valence-corrected chi connectivity index (χ3v) is 0.715. The minimum Gasteiger partial charge on any atom is -0.398 e. The number of rotatable bonds is 2. The van der Waals surface area contributed by atoms with Gasteiger partial charge in [0.25, 0.3) is 0 Å². The van der Waals surface area contributed by atoms with Gasteiger partial charge in [0.05, 0.1) is 0 Å². The molecule has 0 spiro atoms. The third-order valence-electron chi connectivity index (χ3n) is 0.522. The summed E-state index contributed by atoms with van der Waals surface area (Å²) in [4.78, 5) is 4.20. The molecule has 0 aliphatic carbocycles. The Balaban J connectivity index is 4.20. The van der Waals surface area contributed by atoms with Crippen molar-refractivity contribution in [2.24, 2.45) is 10.9 Å². The summed E-state index contributed by atoms with van der Waals surface area (Å²) in [6.07, 6.45) is 0. The topological polar surface area (TPSA) is 71.4 Å². The van der Waals surface area contributed by atoms with E-state index >= 15 is 0 Å². The van der Waals surface area contributed by atoms with Crippen LogP contribution in [-0.4, -0.2) is 17.8 Å². The first-order valence-electron chi connectivity index (χ1n) is 2.03. The van der Waals surface area contributed by atoms with Crippen LogP contribution in [0.3, 0.4) is 0 Å². The molecular formula is C4H5N3OS. The molecule has 4 nitrogen and oxygen atoms in total. The molecule has 0 rings (SSSR count). The molecule has 0 bridgehead atoms. The average molecular weight is 143 g/mol. The van der Waals surface area contributed by atoms with E-state index in [1.807, 2.05) is 0 Å². The first-order chi connectivity index (χ1) is 4.22. The van der Waals surface area contributed by atoms with Gasteiger partial charge in [-0.1, -0.05) is 17.4 Å². The van der Waals surface area contributed by atoms with Crippen LogP contribution in [0.25, 0.3) is 0 Å². The highest BCUT2D eigenvalue weighted by molar-refractivity contribution is 7.82. The van der Waals surface area contributed by atoms with E-state index in [0.717, 1.165) is 0 Å². The Kier molecular flexibility index (Phi) is 3.32. The summed E-state index contributed by atoms with van der Waals surface area (Å²) in [5.74, 6) is 0. The van der Waals surface area contributed by atoms with E-state index in [1.165, 1.54) is 7.11 Å². The Labute approximate surface area is 57.9 Å². The number of nitrogens with zero attached hydrogens (tertiary/aromatic N) is 2. The van der Waals surface area contributed by atoms with Crippen molar-refractivity contribution in [2.45, 2.75) is 0 Å². The SMILES string of the molecule is CON=C(C#N)C(N)=S. The first kappa shape index (κ1) is 7.85. The summed E-state index contributed by atoms with van der Waals surface area (Å²) in [7, 11) is 1.32. The van der Waals surface area contributed by atoms with Crippen molar-refractivity contribution in [3.8, 4) is 6.07 Å². The molecule has 0 amide bonds. The summed E-state index contributed by atoms with van der Waals surface area (Å²) >= 11 is 4.43. The van der Waals surface area contributed by atoms with Crippen molar-refractivity contribution in [2.75, 3.05) is 7.11 Å². The van der Waals surface area contributed by atoms with E-state index in [2.05, 4.69) is 22.2 Å². The number of hydrogen-bond donors (Lipinski definition) is 1. The highest BCUT2D eigenvalue weighted by Gasteiger charge is 1.98. The zero-order chi connectivity index (χ0) is 7.28. The molecule has 9 heavy (non-hydrogen) atoms. The second kappa shape index (κ2) is 3.80. The van der Waals surface area contributed by atoms with Crippen LogP contribution in [0.1, 0.15) is 0 Å². The summed E-state index contributed by atoms with van der Waals surface area (Å²) in [5.41, 5.74) is 4.97. The predicted octanol–water partition coefficient (Wildman–Crippen LogP) is -0.202. The maximum absolute atomic E-state index is 8.20. The van der Waals surface area contributed by atoms with Crippen LogP contribution in [0.5, 0.6) is 0 Å². The summed E-state index contributed by atoms with van der Waals surface area (Å²) in [6, 6.07) is 1.66. The summed E-state index contributed by atoms with van der Waals surface area (Å²) < 4.78 is 0. The highest BCUT2D eigenvalue weighted by atomic mass is 32.1. The Morgan fingerprint density at radius 1 is 1.89 bits per heavy atom. The Morgan fingerprint density at radius 3 is 2.56 bits per heavy atom. The van der Waals surface area contributed by atoms with Gasteiger partial charge in [-0.2, -0.15) is 5.26 Å². The van der Waals surface area contributed by atoms with Crippen molar-refractivity contribution >= 4 is 22.9 Å². The van der Waals surface area contributed by atoms with Crippen LogP contribution in [0.2, 0.25) is 0 Å². The zero-order valence-corrected chi connectivity index (χ0v) is 5.60. The number of nitriles is 1. The van der Waals surface area contributed by atoms with Gasteiger partial charge in [0.2, 0.25) is 5.71 Å². The lowest BCUT2D eigenvalue weighted by molar-refractivity contribution is 0.215. The van der Waals surface area contributed by atoms with E-state index in [9.17, 15) is 0 Å². The van der Waals surface area contributed by atoms with Crippen LogP contribution in [-0.2, 0) is 4.84 Å². The fraction of sp³-hybridized carbons (Fsp3) is 0.250. The molecule has 0 radical (unpaired) electrons. The molecule has 0 atom stereocenters. The number of nitrogens with two attached hydrogens (primary N) is 1. The number of hydrogen-bond acceptors (Lipinski definition) is 4. The summed E-state index contributed by atoms with van der Waals surface area (Å²) in [5, 5.41) is 11.4. The molecule has 0 unspecified atom stereocenters. The first-order valence-corrected chi connectivity index (χ1v) is 2.44. The Hall–Kier alpha value is -1.15. The van der Waals surface area contributed by atoms with Crippen LogP contribution in [0, 0.1) is 11.3 Å². The number of thiocarbonyl (C=S) groups is 1. The Morgan fingerprint density at radius 2 is 2.44 bits per heavy atom. The van der Waals surface area contributed by atoms with Gasteiger partial charge in [-0.15, -0.1) is 0 Å². The fourth-order valence-electron chi connectivity index (χ4n) is 0.212. The van der Waals surface area contributed by atoms with Gasteiger partial charge in [0, 0.05) is 0 Å². The smallest absolute Gasteiger partial charge is 0.213 e. The lowest BCUT2D eigenvalue weighted by Crippen LogP contribution is -2.19.